The van der Waals surface area contributed by atoms with Crippen LogP contribution in [0.4, 0.5) is 0 Å². The Labute approximate surface area is 48.3 Å². The van der Waals surface area contributed by atoms with Crippen LogP contribution in [0.3, 0.4) is 0 Å². The molecule has 0 unspecified atom stereocenters. The van der Waals surface area contributed by atoms with Gasteiger partial charge in [0.15, 0.2) is 0 Å². The van der Waals surface area contributed by atoms with Gasteiger partial charge in [-0.15, -0.1) is 17.5 Å². The first-order valence-corrected chi connectivity index (χ1v) is 3.54. The quantitative estimate of drug-likeness (QED) is 0.468. The lowest BCUT2D eigenvalue weighted by Crippen LogP contribution is -1.85. The zero-order valence-corrected chi connectivity index (χ0v) is 5.43. The number of hydrogen-bond donors (Lipinski definition) is 0. The Hall–Kier alpha value is -0.130. The molecule has 0 amide bonds. The summed E-state index contributed by atoms with van der Waals surface area (Å²) in [6.07, 6.45) is 3.27. The second kappa shape index (κ2) is 1.77. The second-order valence-electron chi connectivity index (χ2n) is 1.71. The molecule has 1 rings (SSSR count). The fraction of sp³-hybridized carbons (Fsp3) is 0.500. The lowest BCUT2D eigenvalue weighted by atomic mass is 10.1. The summed E-state index contributed by atoms with van der Waals surface area (Å²) in [5.74, 6) is 0. The molecular formula is C6H8S. The maximum Gasteiger partial charge on any atom is 0.0309 e. The molecule has 7 heavy (non-hydrogen) atoms. The van der Waals surface area contributed by atoms with Gasteiger partial charge in [0.25, 0.3) is 0 Å². The first-order chi connectivity index (χ1) is 3.33. The molecule has 0 spiro atoms. The molecule has 0 fully saturated rings. The highest BCUT2D eigenvalue weighted by atomic mass is 32.2. The first kappa shape index (κ1) is 5.02. The maximum atomic E-state index is 3.19. The van der Waals surface area contributed by atoms with Gasteiger partial charge in [0, 0.05) is 11.3 Å². The van der Waals surface area contributed by atoms with Crippen LogP contribution in [0.5, 0.6) is 0 Å². The Morgan fingerprint density at radius 3 is 2.43 bits per heavy atom. The van der Waals surface area contributed by atoms with Crippen molar-refractivity contribution in [3.05, 3.63) is 16.2 Å². The summed E-state index contributed by atoms with van der Waals surface area (Å²) in [7, 11) is 0. The Bertz CT molecular complexity index is 134. The van der Waals surface area contributed by atoms with E-state index >= 15 is 0 Å². The van der Waals surface area contributed by atoms with Gasteiger partial charge < -0.3 is 0 Å². The van der Waals surface area contributed by atoms with Crippen LogP contribution in [-0.2, 0) is 0 Å². The average Bonchev–Trinajstić information content (AvgIpc) is 1.58. The summed E-state index contributed by atoms with van der Waals surface area (Å²) < 4.78 is 0. The van der Waals surface area contributed by atoms with Crippen molar-refractivity contribution in [2.45, 2.75) is 13.3 Å². The summed E-state index contributed by atoms with van der Waals surface area (Å²) >= 11 is 1.80. The average molecular weight is 112 g/mol. The monoisotopic (exact) mass is 112 g/mol. The van der Waals surface area contributed by atoms with Crippen molar-refractivity contribution in [3.63, 3.8) is 0 Å². The van der Waals surface area contributed by atoms with Crippen LogP contribution in [0.2, 0.25) is 0 Å². The number of thioether (sulfide) groups is 1. The molecule has 0 heterocycles. The molecule has 0 aromatic rings. The van der Waals surface area contributed by atoms with Crippen molar-refractivity contribution in [1.82, 2.24) is 0 Å². The van der Waals surface area contributed by atoms with E-state index in [0.717, 1.165) is 0 Å². The van der Waals surface area contributed by atoms with Crippen LogP contribution in [0.1, 0.15) is 13.3 Å². The Morgan fingerprint density at radius 1 is 1.71 bits per heavy atom. The predicted octanol–water partition coefficient (Wildman–Crippen LogP) is 2.18. The molecule has 0 nitrogen and oxygen atoms in total. The molecule has 0 bridgehead atoms. The predicted molar refractivity (Wildman–Crippen MR) is 34.3 cm³/mol. The van der Waals surface area contributed by atoms with Crippen molar-refractivity contribution in [2.24, 2.45) is 0 Å². The maximum absolute atomic E-state index is 3.19. The fourth-order valence-corrected chi connectivity index (χ4v) is 1.22. The highest BCUT2D eigenvalue weighted by molar-refractivity contribution is 8.02. The highest BCUT2D eigenvalue weighted by Crippen LogP contribution is 2.26. The number of hydrogen-bond acceptors (Lipinski definition) is 1. The van der Waals surface area contributed by atoms with E-state index in [4.69, 9.17) is 0 Å². The van der Waals surface area contributed by atoms with Crippen LogP contribution < -0.4 is 0 Å². The van der Waals surface area contributed by atoms with E-state index in [-0.39, 0.29) is 0 Å². The molecule has 0 N–H and O–H groups in total. The molecule has 0 atom stereocenters. The molecule has 0 aromatic heterocycles. The summed E-state index contributed by atoms with van der Waals surface area (Å²) in [6, 6.07) is 0. The highest BCUT2D eigenvalue weighted by Gasteiger charge is 2.02. The third-order valence-corrected chi connectivity index (χ3v) is 1.76. The molecule has 0 radical (unpaired) electrons. The van der Waals surface area contributed by atoms with Gasteiger partial charge in [-0.05, 0) is 18.8 Å². The van der Waals surface area contributed by atoms with Gasteiger partial charge >= 0.3 is 0 Å². The molecule has 0 aliphatic heterocycles. The summed E-state index contributed by atoms with van der Waals surface area (Å²) in [5, 5.41) is 0. The number of rotatable bonds is 1. The van der Waals surface area contributed by atoms with E-state index in [0.29, 0.717) is 0 Å². The Morgan fingerprint density at radius 2 is 2.29 bits per heavy atom. The van der Waals surface area contributed by atoms with Crippen molar-refractivity contribution >= 4 is 11.8 Å². The van der Waals surface area contributed by atoms with Gasteiger partial charge in [0.1, 0.15) is 0 Å². The summed E-state index contributed by atoms with van der Waals surface area (Å²) in [4.78, 5) is 1.40. The van der Waals surface area contributed by atoms with E-state index < -0.39 is 0 Å². The first-order valence-electron chi connectivity index (χ1n) is 2.32. The van der Waals surface area contributed by atoms with Crippen molar-refractivity contribution in [2.75, 3.05) is 6.26 Å². The van der Waals surface area contributed by atoms with Gasteiger partial charge in [0.2, 0.25) is 0 Å². The molecule has 1 aliphatic rings. The summed E-state index contributed by atoms with van der Waals surface area (Å²) in [5.41, 5.74) is 4.58. The van der Waals surface area contributed by atoms with Crippen LogP contribution in [0.15, 0.2) is 16.2 Å². The molecular weight excluding hydrogens is 104 g/mol. The van der Waals surface area contributed by atoms with Crippen LogP contribution in [-0.4, -0.2) is 6.26 Å². The standard InChI is InChI=1S/C6H8S/c1-5-3-6(4-5)7-2/h3H2,1-2H3. The van der Waals surface area contributed by atoms with Gasteiger partial charge in [0.05, 0.1) is 0 Å². The minimum Gasteiger partial charge on any atom is -0.125 e. The molecule has 1 heteroatoms. The lowest BCUT2D eigenvalue weighted by Gasteiger charge is -2.06. The van der Waals surface area contributed by atoms with Crippen molar-refractivity contribution in [1.29, 1.82) is 0 Å². The van der Waals surface area contributed by atoms with Crippen LogP contribution >= 0.6 is 11.8 Å². The molecule has 0 saturated heterocycles. The molecule has 38 valence electrons. The van der Waals surface area contributed by atoms with E-state index in [1.165, 1.54) is 16.9 Å². The summed E-state index contributed by atoms with van der Waals surface area (Å²) in [6.45, 7) is 2.11. The fourth-order valence-electron chi connectivity index (χ4n) is 0.584. The zero-order valence-electron chi connectivity index (χ0n) is 4.62. The Balaban J connectivity index is 2.64. The number of allylic oxidation sites excluding steroid dienone is 1. The van der Waals surface area contributed by atoms with Gasteiger partial charge in [-0.1, -0.05) is 0 Å². The second-order valence-corrected chi connectivity index (χ2v) is 2.61. The zero-order chi connectivity index (χ0) is 5.28. The minimum atomic E-state index is 1.18. The van der Waals surface area contributed by atoms with E-state index in [2.05, 4.69) is 18.9 Å². The van der Waals surface area contributed by atoms with Crippen LogP contribution in [0.25, 0.3) is 0 Å². The van der Waals surface area contributed by atoms with Crippen LogP contribution in [0, 0.1) is 0 Å². The molecule has 0 aromatic carbocycles. The van der Waals surface area contributed by atoms with Crippen molar-refractivity contribution < 1.29 is 0 Å². The normalized spacial score (nSPS) is 17.4. The largest absolute Gasteiger partial charge is 0.125 e. The van der Waals surface area contributed by atoms with Gasteiger partial charge in [-0.2, -0.15) is 0 Å². The smallest absolute Gasteiger partial charge is 0.0309 e. The SMILES string of the molecule is CSC1=C=C(C)C1. The molecule has 0 saturated carbocycles. The Kier molecular flexibility index (Phi) is 1.27. The lowest BCUT2D eigenvalue weighted by molar-refractivity contribution is 1.14. The van der Waals surface area contributed by atoms with Gasteiger partial charge in [-0.3, -0.25) is 0 Å². The third kappa shape index (κ3) is 0.902. The van der Waals surface area contributed by atoms with Crippen molar-refractivity contribution in [3.8, 4) is 0 Å². The minimum absolute atomic E-state index is 1.18. The molecule has 1 aliphatic carbocycles. The topological polar surface area (TPSA) is 0 Å². The van der Waals surface area contributed by atoms with E-state index in [9.17, 15) is 0 Å². The third-order valence-electron chi connectivity index (χ3n) is 1.02. The van der Waals surface area contributed by atoms with E-state index in [1.54, 1.807) is 11.8 Å². The van der Waals surface area contributed by atoms with Gasteiger partial charge in [-0.25, -0.2) is 0 Å². The van der Waals surface area contributed by atoms with E-state index in [1.807, 2.05) is 0 Å².